The number of nitrogens with one attached hydrogen (secondary N) is 1. The zero-order chi connectivity index (χ0) is 19.3. The molecule has 0 unspecified atom stereocenters. The number of hydrogen-bond acceptors (Lipinski definition) is 3. The van der Waals surface area contributed by atoms with Crippen molar-refractivity contribution in [1.82, 2.24) is 15.1 Å². The summed E-state index contributed by atoms with van der Waals surface area (Å²) in [6.07, 6.45) is 1.75. The first-order valence-electron chi connectivity index (χ1n) is 8.97. The number of nitrogens with zero attached hydrogens (tertiary/aromatic N) is 2. The van der Waals surface area contributed by atoms with Crippen LogP contribution in [0.4, 0.5) is 0 Å². The minimum absolute atomic E-state index is 0.00429. The van der Waals surface area contributed by atoms with Gasteiger partial charge in [0.25, 0.3) is 0 Å². The van der Waals surface area contributed by atoms with Gasteiger partial charge in [0.05, 0.1) is 16.6 Å². The normalized spacial score (nSPS) is 15.9. The summed E-state index contributed by atoms with van der Waals surface area (Å²) >= 11 is 12.0. The summed E-state index contributed by atoms with van der Waals surface area (Å²) < 4.78 is 0. The maximum atomic E-state index is 12.5. The molecule has 0 bridgehead atoms. The minimum Gasteiger partial charge on any atom is -0.353 e. The van der Waals surface area contributed by atoms with Gasteiger partial charge in [0.1, 0.15) is 0 Å². The summed E-state index contributed by atoms with van der Waals surface area (Å²) in [5.74, 6) is 0.172. The molecule has 1 fully saturated rings. The van der Waals surface area contributed by atoms with Gasteiger partial charge in [-0.05, 0) is 30.5 Å². The Hall–Kier alpha value is -1.30. The van der Waals surface area contributed by atoms with Gasteiger partial charge in [-0.25, -0.2) is 0 Å². The Morgan fingerprint density at radius 2 is 1.88 bits per heavy atom. The third-order valence-corrected chi connectivity index (χ3v) is 5.39. The molecule has 1 aliphatic rings. The fraction of sp³-hybridized carbons (Fsp3) is 0.579. The molecule has 1 N–H and O–H groups in total. The topological polar surface area (TPSA) is 52.7 Å². The molecule has 2 rings (SSSR count). The van der Waals surface area contributed by atoms with Gasteiger partial charge in [-0.1, -0.05) is 43.1 Å². The lowest BCUT2D eigenvalue weighted by atomic mass is 10.0. The largest absolute Gasteiger partial charge is 0.353 e. The Morgan fingerprint density at radius 3 is 2.46 bits per heavy atom. The molecule has 0 aromatic heterocycles. The molecule has 1 aromatic rings. The van der Waals surface area contributed by atoms with Crippen LogP contribution in [0.15, 0.2) is 18.2 Å². The van der Waals surface area contributed by atoms with E-state index in [2.05, 4.69) is 10.2 Å². The minimum atomic E-state index is 0.00429. The van der Waals surface area contributed by atoms with Crippen molar-refractivity contribution in [2.24, 2.45) is 5.92 Å². The summed E-state index contributed by atoms with van der Waals surface area (Å²) in [7, 11) is 1.79. The van der Waals surface area contributed by atoms with E-state index in [1.54, 1.807) is 24.1 Å². The maximum absolute atomic E-state index is 12.5. The van der Waals surface area contributed by atoms with Crippen LogP contribution in [0.2, 0.25) is 10.0 Å². The molecule has 0 atom stereocenters. The van der Waals surface area contributed by atoms with Gasteiger partial charge in [-0.3, -0.25) is 14.5 Å². The van der Waals surface area contributed by atoms with Crippen LogP contribution in [-0.4, -0.2) is 54.3 Å². The monoisotopic (exact) mass is 399 g/mol. The van der Waals surface area contributed by atoms with Crippen LogP contribution in [0.5, 0.6) is 0 Å². The van der Waals surface area contributed by atoms with Crippen LogP contribution in [0, 0.1) is 5.92 Å². The first kappa shape index (κ1) is 21.0. The van der Waals surface area contributed by atoms with Gasteiger partial charge in [0, 0.05) is 38.6 Å². The molecule has 7 heteroatoms. The molecule has 1 saturated heterocycles. The predicted molar refractivity (Wildman–Crippen MR) is 105 cm³/mol. The standard InChI is InChI=1S/C19H27Cl2N3O2/c1-13(2)19(26)22-15-6-8-24(9-7-15)12-18(25)23(3)11-14-4-5-16(20)17(21)10-14/h4-5,10,13,15H,6-9,11-12H2,1-3H3,(H,22,26). The van der Waals surface area contributed by atoms with E-state index in [0.29, 0.717) is 23.1 Å². The van der Waals surface area contributed by atoms with Crippen molar-refractivity contribution >= 4 is 35.0 Å². The Balaban J connectivity index is 1.77. The average molecular weight is 400 g/mol. The van der Waals surface area contributed by atoms with E-state index in [9.17, 15) is 9.59 Å². The van der Waals surface area contributed by atoms with Crippen molar-refractivity contribution in [3.8, 4) is 0 Å². The van der Waals surface area contributed by atoms with E-state index in [1.165, 1.54) is 0 Å². The van der Waals surface area contributed by atoms with Crippen molar-refractivity contribution < 1.29 is 9.59 Å². The Kier molecular flexibility index (Phi) is 7.74. The number of rotatable bonds is 6. The zero-order valence-corrected chi connectivity index (χ0v) is 17.1. The zero-order valence-electron chi connectivity index (χ0n) is 15.6. The van der Waals surface area contributed by atoms with Gasteiger partial charge >= 0.3 is 0 Å². The van der Waals surface area contributed by atoms with Crippen LogP contribution in [0.1, 0.15) is 32.3 Å². The highest BCUT2D eigenvalue weighted by atomic mass is 35.5. The van der Waals surface area contributed by atoms with Crippen molar-refractivity contribution in [3.63, 3.8) is 0 Å². The summed E-state index contributed by atoms with van der Waals surface area (Å²) in [4.78, 5) is 28.1. The highest BCUT2D eigenvalue weighted by Gasteiger charge is 2.23. The number of carbonyl (C=O) groups is 2. The second-order valence-corrected chi connectivity index (χ2v) is 8.03. The second-order valence-electron chi connectivity index (χ2n) is 7.21. The second kappa shape index (κ2) is 9.58. The van der Waals surface area contributed by atoms with Crippen molar-refractivity contribution in [3.05, 3.63) is 33.8 Å². The van der Waals surface area contributed by atoms with E-state index >= 15 is 0 Å². The molecular formula is C19H27Cl2N3O2. The number of benzene rings is 1. The Labute approximate surface area is 165 Å². The number of carbonyl (C=O) groups excluding carboxylic acids is 2. The quantitative estimate of drug-likeness (QED) is 0.798. The smallest absolute Gasteiger partial charge is 0.236 e. The number of hydrogen-bond donors (Lipinski definition) is 1. The molecule has 5 nitrogen and oxygen atoms in total. The molecular weight excluding hydrogens is 373 g/mol. The lowest BCUT2D eigenvalue weighted by molar-refractivity contribution is -0.132. The fourth-order valence-electron chi connectivity index (χ4n) is 2.92. The summed E-state index contributed by atoms with van der Waals surface area (Å²) in [6, 6.07) is 5.62. The number of halogens is 2. The molecule has 1 heterocycles. The number of likely N-dealkylation sites (N-methyl/N-ethyl adjacent to an activating group) is 1. The van der Waals surface area contributed by atoms with Crippen molar-refractivity contribution in [2.75, 3.05) is 26.7 Å². The van der Waals surface area contributed by atoms with Gasteiger partial charge in [-0.15, -0.1) is 0 Å². The third-order valence-electron chi connectivity index (χ3n) is 4.65. The average Bonchev–Trinajstić information content (AvgIpc) is 2.59. The lowest BCUT2D eigenvalue weighted by Crippen LogP contribution is -2.48. The number of amides is 2. The van der Waals surface area contributed by atoms with Gasteiger partial charge in [0.2, 0.25) is 11.8 Å². The van der Waals surface area contributed by atoms with Crippen LogP contribution in [0.25, 0.3) is 0 Å². The maximum Gasteiger partial charge on any atom is 0.236 e. The highest BCUT2D eigenvalue weighted by molar-refractivity contribution is 6.42. The molecule has 2 amide bonds. The first-order chi connectivity index (χ1) is 12.3. The summed E-state index contributed by atoms with van der Waals surface area (Å²) in [5, 5.41) is 4.08. The van der Waals surface area contributed by atoms with Crippen LogP contribution in [0.3, 0.4) is 0 Å². The molecule has 0 radical (unpaired) electrons. The molecule has 0 saturated carbocycles. The summed E-state index contributed by atoms with van der Waals surface area (Å²) in [6.45, 7) is 6.31. The van der Waals surface area contributed by atoms with Crippen LogP contribution in [-0.2, 0) is 16.1 Å². The number of piperidine rings is 1. The van der Waals surface area contributed by atoms with E-state index in [-0.39, 0.29) is 23.8 Å². The Bertz CT molecular complexity index is 644. The van der Waals surface area contributed by atoms with Crippen molar-refractivity contribution in [2.45, 2.75) is 39.3 Å². The van der Waals surface area contributed by atoms with E-state index in [0.717, 1.165) is 31.5 Å². The van der Waals surface area contributed by atoms with E-state index < -0.39 is 0 Å². The van der Waals surface area contributed by atoms with Gasteiger partial charge in [-0.2, -0.15) is 0 Å². The first-order valence-corrected chi connectivity index (χ1v) is 9.72. The molecule has 1 aromatic carbocycles. The molecule has 0 aliphatic carbocycles. The van der Waals surface area contributed by atoms with Crippen LogP contribution < -0.4 is 5.32 Å². The Morgan fingerprint density at radius 1 is 1.23 bits per heavy atom. The van der Waals surface area contributed by atoms with E-state index in [4.69, 9.17) is 23.2 Å². The molecule has 0 spiro atoms. The highest BCUT2D eigenvalue weighted by Crippen LogP contribution is 2.23. The van der Waals surface area contributed by atoms with Gasteiger partial charge in [0.15, 0.2) is 0 Å². The lowest BCUT2D eigenvalue weighted by Gasteiger charge is -2.33. The number of likely N-dealkylation sites (tertiary alicyclic amines) is 1. The summed E-state index contributed by atoms with van der Waals surface area (Å²) in [5.41, 5.74) is 0.949. The fourth-order valence-corrected chi connectivity index (χ4v) is 3.24. The SMILES string of the molecule is CC(C)C(=O)NC1CCN(CC(=O)N(C)Cc2ccc(Cl)c(Cl)c2)CC1. The molecule has 1 aliphatic heterocycles. The van der Waals surface area contributed by atoms with Crippen molar-refractivity contribution in [1.29, 1.82) is 0 Å². The molecule has 144 valence electrons. The van der Waals surface area contributed by atoms with Gasteiger partial charge < -0.3 is 10.2 Å². The predicted octanol–water partition coefficient (Wildman–Crippen LogP) is 3.19. The molecule has 26 heavy (non-hydrogen) atoms. The van der Waals surface area contributed by atoms with E-state index in [1.807, 2.05) is 19.9 Å². The van der Waals surface area contributed by atoms with Crippen LogP contribution >= 0.6 is 23.2 Å². The third kappa shape index (κ3) is 6.15.